The van der Waals surface area contributed by atoms with Gasteiger partial charge in [-0.1, -0.05) is 41.4 Å². The van der Waals surface area contributed by atoms with Crippen molar-refractivity contribution in [2.45, 2.75) is 36.1 Å². The first-order valence-electron chi connectivity index (χ1n) is 5.35. The fourth-order valence-corrected chi connectivity index (χ4v) is 1.47. The highest BCUT2D eigenvalue weighted by Gasteiger charge is 2.45. The van der Waals surface area contributed by atoms with Crippen LogP contribution in [-0.4, -0.2) is 32.8 Å². The Hall–Kier alpha value is -0.450. The number of carbonyl (C=O) groups is 2. The van der Waals surface area contributed by atoms with Crippen LogP contribution in [-0.2, 0) is 9.53 Å². The molecule has 1 heterocycles. The Bertz CT molecular complexity index is 387. The SMILES string of the molecule is C=C1CCCN(C(=O)OC(C)(C)C(Cl)(Cl)Cl)C1=O. The highest BCUT2D eigenvalue weighted by molar-refractivity contribution is 6.68. The Labute approximate surface area is 121 Å². The Morgan fingerprint density at radius 1 is 1.39 bits per heavy atom. The predicted octanol–water partition coefficient (Wildman–Crippen LogP) is 3.45. The molecule has 1 saturated heterocycles. The summed E-state index contributed by atoms with van der Waals surface area (Å²) in [6.07, 6.45) is 0.418. The zero-order valence-electron chi connectivity index (χ0n) is 10.1. The van der Waals surface area contributed by atoms with Gasteiger partial charge in [0, 0.05) is 12.1 Å². The van der Waals surface area contributed by atoms with Gasteiger partial charge >= 0.3 is 6.09 Å². The van der Waals surface area contributed by atoms with Crippen LogP contribution in [0.1, 0.15) is 26.7 Å². The van der Waals surface area contributed by atoms with Crippen LogP contribution in [0.15, 0.2) is 12.2 Å². The number of halogens is 3. The van der Waals surface area contributed by atoms with E-state index in [0.717, 1.165) is 4.90 Å². The van der Waals surface area contributed by atoms with Gasteiger partial charge in [-0.2, -0.15) is 0 Å². The maximum Gasteiger partial charge on any atom is 0.417 e. The standard InChI is InChI=1S/C11H14Cl3NO3/c1-7-5-4-6-15(8(7)16)9(17)18-10(2,3)11(12,13)14/h1,4-6H2,2-3H3. The molecule has 0 spiro atoms. The van der Waals surface area contributed by atoms with Crippen LogP contribution in [0.3, 0.4) is 0 Å². The summed E-state index contributed by atoms with van der Waals surface area (Å²) in [5, 5.41) is 0. The van der Waals surface area contributed by atoms with Crippen LogP contribution in [0.4, 0.5) is 4.79 Å². The van der Waals surface area contributed by atoms with Crippen LogP contribution in [0.2, 0.25) is 0 Å². The van der Waals surface area contributed by atoms with E-state index in [-0.39, 0.29) is 6.54 Å². The quantitative estimate of drug-likeness (QED) is 0.550. The van der Waals surface area contributed by atoms with Crippen molar-refractivity contribution in [3.8, 4) is 0 Å². The van der Waals surface area contributed by atoms with Gasteiger partial charge in [0.15, 0.2) is 5.60 Å². The molecule has 0 radical (unpaired) electrons. The Balaban J connectivity index is 2.77. The molecule has 102 valence electrons. The van der Waals surface area contributed by atoms with Gasteiger partial charge in [-0.25, -0.2) is 9.69 Å². The molecule has 1 aliphatic rings. The fourth-order valence-electron chi connectivity index (χ4n) is 1.36. The first-order valence-corrected chi connectivity index (χ1v) is 6.49. The lowest BCUT2D eigenvalue weighted by Gasteiger charge is -2.34. The molecule has 0 aromatic heterocycles. The van der Waals surface area contributed by atoms with Crippen molar-refractivity contribution in [2.24, 2.45) is 0 Å². The lowest BCUT2D eigenvalue weighted by atomic mass is 10.1. The first kappa shape index (κ1) is 15.6. The number of piperidine rings is 1. The van der Waals surface area contributed by atoms with Crippen molar-refractivity contribution >= 4 is 46.8 Å². The smallest absolute Gasteiger partial charge is 0.417 e. The number of likely N-dealkylation sites (tertiary alicyclic amines) is 1. The molecule has 1 aliphatic heterocycles. The van der Waals surface area contributed by atoms with E-state index in [1.165, 1.54) is 13.8 Å². The molecule has 0 bridgehead atoms. The third-order valence-corrected chi connectivity index (χ3v) is 4.02. The Morgan fingerprint density at radius 2 is 1.94 bits per heavy atom. The zero-order valence-corrected chi connectivity index (χ0v) is 12.4. The normalized spacial score (nSPS) is 17.9. The van der Waals surface area contributed by atoms with E-state index in [4.69, 9.17) is 39.5 Å². The minimum atomic E-state index is -1.78. The zero-order chi connectivity index (χ0) is 14.1. The summed E-state index contributed by atoms with van der Waals surface area (Å²) in [7, 11) is 0. The van der Waals surface area contributed by atoms with Crippen LogP contribution in [0.5, 0.6) is 0 Å². The third-order valence-electron chi connectivity index (χ3n) is 2.65. The fraction of sp³-hybridized carbons (Fsp3) is 0.636. The van der Waals surface area contributed by atoms with E-state index in [2.05, 4.69) is 6.58 Å². The van der Waals surface area contributed by atoms with Crippen molar-refractivity contribution < 1.29 is 14.3 Å². The largest absolute Gasteiger partial charge is 0.439 e. The summed E-state index contributed by atoms with van der Waals surface area (Å²) >= 11 is 17.1. The highest BCUT2D eigenvalue weighted by Crippen LogP contribution is 2.40. The lowest BCUT2D eigenvalue weighted by Crippen LogP contribution is -2.48. The molecule has 4 nitrogen and oxygen atoms in total. The van der Waals surface area contributed by atoms with Crippen molar-refractivity contribution in [3.05, 3.63) is 12.2 Å². The van der Waals surface area contributed by atoms with E-state index >= 15 is 0 Å². The number of carbonyl (C=O) groups excluding carboxylic acids is 2. The molecule has 0 aliphatic carbocycles. The summed E-state index contributed by atoms with van der Waals surface area (Å²) in [5.41, 5.74) is -0.960. The Kier molecular flexibility index (Phi) is 4.57. The summed E-state index contributed by atoms with van der Waals surface area (Å²) in [4.78, 5) is 24.6. The number of imide groups is 1. The van der Waals surface area contributed by atoms with E-state index in [0.29, 0.717) is 18.4 Å². The summed E-state index contributed by atoms with van der Waals surface area (Å²) in [5.74, 6) is -0.439. The van der Waals surface area contributed by atoms with E-state index < -0.39 is 21.4 Å². The summed E-state index contributed by atoms with van der Waals surface area (Å²) < 4.78 is 3.31. The number of ether oxygens (including phenoxy) is 1. The maximum absolute atomic E-state index is 11.9. The molecule has 18 heavy (non-hydrogen) atoms. The van der Waals surface area contributed by atoms with E-state index in [1.54, 1.807) is 0 Å². The molecular formula is C11H14Cl3NO3. The number of rotatable bonds is 1. The highest BCUT2D eigenvalue weighted by atomic mass is 35.6. The molecule has 2 amide bonds. The molecule has 1 fully saturated rings. The molecule has 0 aromatic rings. The van der Waals surface area contributed by atoms with Crippen LogP contribution in [0, 0.1) is 0 Å². The van der Waals surface area contributed by atoms with E-state index in [1.807, 2.05) is 0 Å². The molecule has 1 rings (SSSR count). The second-order valence-corrected chi connectivity index (χ2v) is 6.82. The summed E-state index contributed by atoms with van der Waals surface area (Å²) in [6.45, 7) is 6.80. The van der Waals surface area contributed by atoms with E-state index in [9.17, 15) is 9.59 Å². The maximum atomic E-state index is 11.9. The molecule has 0 aromatic carbocycles. The van der Waals surface area contributed by atoms with Gasteiger partial charge in [-0.3, -0.25) is 4.79 Å². The first-order chi connectivity index (χ1) is 8.06. The molecule has 0 N–H and O–H groups in total. The number of nitrogens with zero attached hydrogens (tertiary/aromatic N) is 1. The minimum absolute atomic E-state index is 0.284. The number of hydrogen-bond acceptors (Lipinski definition) is 3. The molecule has 0 atom stereocenters. The van der Waals surface area contributed by atoms with Gasteiger partial charge in [0.05, 0.1) is 0 Å². The van der Waals surface area contributed by atoms with Gasteiger partial charge in [-0.05, 0) is 26.7 Å². The Morgan fingerprint density at radius 3 is 2.44 bits per heavy atom. The topological polar surface area (TPSA) is 46.6 Å². The molecule has 7 heteroatoms. The molecular weight excluding hydrogens is 300 g/mol. The number of hydrogen-bond donors (Lipinski definition) is 0. The van der Waals surface area contributed by atoms with Crippen LogP contribution >= 0.6 is 34.8 Å². The average molecular weight is 315 g/mol. The lowest BCUT2D eigenvalue weighted by molar-refractivity contribution is -0.127. The van der Waals surface area contributed by atoms with Gasteiger partial charge in [0.2, 0.25) is 3.79 Å². The average Bonchev–Trinajstić information content (AvgIpc) is 2.19. The predicted molar refractivity (Wildman–Crippen MR) is 70.9 cm³/mol. The van der Waals surface area contributed by atoms with Crippen molar-refractivity contribution in [1.82, 2.24) is 4.90 Å². The number of alkyl halides is 3. The van der Waals surface area contributed by atoms with Crippen molar-refractivity contribution in [1.29, 1.82) is 0 Å². The van der Waals surface area contributed by atoms with Gasteiger partial charge < -0.3 is 4.74 Å². The third kappa shape index (κ3) is 3.31. The van der Waals surface area contributed by atoms with Crippen molar-refractivity contribution in [3.63, 3.8) is 0 Å². The van der Waals surface area contributed by atoms with Crippen LogP contribution < -0.4 is 0 Å². The van der Waals surface area contributed by atoms with Gasteiger partial charge in [0.1, 0.15) is 0 Å². The van der Waals surface area contributed by atoms with Crippen LogP contribution in [0.25, 0.3) is 0 Å². The second kappa shape index (κ2) is 5.27. The minimum Gasteiger partial charge on any atom is -0.439 e. The summed E-state index contributed by atoms with van der Waals surface area (Å²) in [6, 6.07) is 0. The second-order valence-electron chi connectivity index (χ2n) is 4.54. The number of amides is 2. The van der Waals surface area contributed by atoms with Gasteiger partial charge in [-0.15, -0.1) is 0 Å². The monoisotopic (exact) mass is 313 g/mol. The van der Waals surface area contributed by atoms with Gasteiger partial charge in [0.25, 0.3) is 5.91 Å². The molecule has 0 unspecified atom stereocenters. The van der Waals surface area contributed by atoms with Crippen molar-refractivity contribution in [2.75, 3.05) is 6.54 Å². The molecule has 0 saturated carbocycles.